The molecule has 0 spiro atoms. The van der Waals surface area contributed by atoms with Gasteiger partial charge >= 0.3 is 0 Å². The molecular weight excluding hydrogens is 362 g/mol. The van der Waals surface area contributed by atoms with Crippen LogP contribution >= 0.6 is 12.6 Å². The van der Waals surface area contributed by atoms with Crippen molar-refractivity contribution in [2.24, 2.45) is 0 Å². The molecule has 1 aliphatic heterocycles. The molecule has 2 rings (SSSR count). The van der Waals surface area contributed by atoms with Crippen LogP contribution in [0, 0.1) is 0 Å². The van der Waals surface area contributed by atoms with E-state index in [0.29, 0.717) is 12.3 Å². The molecule has 0 radical (unpaired) electrons. The highest BCUT2D eigenvalue weighted by Gasteiger charge is 2.49. The number of aliphatic hydroxyl groups excluding tert-OH is 2. The fourth-order valence-electron chi connectivity index (χ4n) is 2.72. The molecule has 1 fully saturated rings. The van der Waals surface area contributed by atoms with E-state index in [0.717, 1.165) is 25.0 Å². The van der Waals surface area contributed by atoms with Crippen LogP contribution in [0.4, 0.5) is 0 Å². The van der Waals surface area contributed by atoms with E-state index in [9.17, 15) is 20.1 Å². The molecule has 1 amide bonds. The fraction of sp³-hybridized carbons (Fsp3) is 0.750. The number of carbonyl (C=O) groups excluding carboxylic acids is 1. The van der Waals surface area contributed by atoms with E-state index in [1.54, 1.807) is 0 Å². The van der Waals surface area contributed by atoms with Crippen molar-refractivity contribution in [1.82, 2.24) is 15.3 Å². The molecule has 1 aliphatic rings. The number of unbranched alkanes of at least 4 members (excludes halogenated alkanes) is 2. The van der Waals surface area contributed by atoms with E-state index in [2.05, 4.69) is 27.9 Å². The Labute approximate surface area is 157 Å². The van der Waals surface area contributed by atoms with Gasteiger partial charge in [0, 0.05) is 18.5 Å². The van der Waals surface area contributed by atoms with Crippen LogP contribution in [0.2, 0.25) is 0 Å². The van der Waals surface area contributed by atoms with Gasteiger partial charge in [-0.15, -0.1) is 0 Å². The van der Waals surface area contributed by atoms with Crippen molar-refractivity contribution in [3.05, 3.63) is 18.2 Å². The van der Waals surface area contributed by atoms with Crippen LogP contribution in [-0.2, 0) is 20.7 Å². The monoisotopic (exact) mass is 389 g/mol. The fourth-order valence-corrected chi connectivity index (χ4v) is 2.94. The van der Waals surface area contributed by atoms with Crippen LogP contribution < -0.4 is 5.32 Å². The minimum Gasteiger partial charge on any atom is -0.393 e. The van der Waals surface area contributed by atoms with Crippen LogP contribution in [0.3, 0.4) is 0 Å². The summed E-state index contributed by atoms with van der Waals surface area (Å²) in [6.07, 6.45) is 3.35. The molecule has 5 N–H and O–H groups in total. The second-order valence-electron chi connectivity index (χ2n) is 6.39. The van der Waals surface area contributed by atoms with Gasteiger partial charge in [-0.3, -0.25) is 4.79 Å². The lowest BCUT2D eigenvalue weighted by atomic mass is 9.89. The summed E-state index contributed by atoms with van der Waals surface area (Å²) >= 11 is 4.15. The lowest BCUT2D eigenvalue weighted by molar-refractivity contribution is -0.272. The summed E-state index contributed by atoms with van der Waals surface area (Å²) in [5, 5.41) is 32.8. The van der Waals surface area contributed by atoms with Gasteiger partial charge in [-0.2, -0.15) is 12.6 Å². The zero-order chi connectivity index (χ0) is 19.0. The molecule has 0 aromatic carbocycles. The Hall–Kier alpha value is -1.17. The van der Waals surface area contributed by atoms with Crippen LogP contribution in [0.15, 0.2) is 12.5 Å². The molecule has 9 nitrogen and oxygen atoms in total. The Morgan fingerprint density at radius 3 is 2.96 bits per heavy atom. The molecule has 26 heavy (non-hydrogen) atoms. The summed E-state index contributed by atoms with van der Waals surface area (Å²) in [5.74, 6) is 0.404. The second-order valence-corrected chi connectivity index (χ2v) is 6.84. The summed E-state index contributed by atoms with van der Waals surface area (Å²) in [6.45, 7) is -0.607. The Morgan fingerprint density at radius 1 is 1.50 bits per heavy atom. The van der Waals surface area contributed by atoms with Crippen LogP contribution in [0.5, 0.6) is 0 Å². The molecule has 2 heterocycles. The Bertz CT molecular complexity index is 546. The number of ether oxygens (including phenoxy) is 2. The molecule has 2 unspecified atom stereocenters. The van der Waals surface area contributed by atoms with Gasteiger partial charge in [0.05, 0.1) is 26.0 Å². The van der Waals surface area contributed by atoms with Gasteiger partial charge in [0.15, 0.2) is 6.29 Å². The van der Waals surface area contributed by atoms with Crippen molar-refractivity contribution in [1.29, 1.82) is 0 Å². The Morgan fingerprint density at radius 2 is 2.31 bits per heavy atom. The number of carbonyl (C=O) groups is 1. The number of thiol groups is 1. The number of imidazole rings is 1. The number of nitrogens with one attached hydrogen (secondary N) is 2. The predicted molar refractivity (Wildman–Crippen MR) is 95.7 cm³/mol. The smallest absolute Gasteiger partial charge is 0.226 e. The number of hydrogen-bond donors (Lipinski definition) is 6. The lowest BCUT2D eigenvalue weighted by Crippen LogP contribution is -2.68. The number of aromatic amines is 1. The standard InChI is InChI=1S/C16H27N3O6S/c20-8-16(23)9-25-15(24-4-2-1-3-5-26)13(14(16)22)19-12(21)6-11-7-17-10-18-11/h7,10,13-15,20,22-23,26H,1-6,8-9H2,(H,17,18)(H,19,21)/t13?,14-,15-,16?/m1/s1. The highest BCUT2D eigenvalue weighted by molar-refractivity contribution is 7.80. The number of H-pyrrole nitrogens is 1. The van der Waals surface area contributed by atoms with Crippen molar-refractivity contribution in [2.75, 3.05) is 25.6 Å². The highest BCUT2D eigenvalue weighted by atomic mass is 32.1. The van der Waals surface area contributed by atoms with Crippen LogP contribution in [0.25, 0.3) is 0 Å². The topological polar surface area (TPSA) is 137 Å². The third-order valence-electron chi connectivity index (χ3n) is 4.27. The normalized spacial score (nSPS) is 28.8. The average Bonchev–Trinajstić information content (AvgIpc) is 3.13. The SMILES string of the molecule is O=C(Cc1cnc[nH]1)NC1[C@H](OCCCCCS)OCC(O)(CO)[C@@H]1O. The van der Waals surface area contributed by atoms with Gasteiger partial charge in [-0.1, -0.05) is 6.42 Å². The van der Waals surface area contributed by atoms with Gasteiger partial charge in [0.1, 0.15) is 17.7 Å². The summed E-state index contributed by atoms with van der Waals surface area (Å²) in [4.78, 5) is 18.9. The number of aromatic nitrogens is 2. The van der Waals surface area contributed by atoms with Crippen molar-refractivity contribution in [3.63, 3.8) is 0 Å². The van der Waals surface area contributed by atoms with Gasteiger partial charge in [-0.25, -0.2) is 4.98 Å². The maximum absolute atomic E-state index is 12.3. The van der Waals surface area contributed by atoms with E-state index in [4.69, 9.17) is 9.47 Å². The van der Waals surface area contributed by atoms with E-state index in [-0.39, 0.29) is 13.0 Å². The minimum absolute atomic E-state index is 0.0233. The van der Waals surface area contributed by atoms with Crippen molar-refractivity contribution >= 4 is 18.5 Å². The molecule has 0 bridgehead atoms. The zero-order valence-corrected chi connectivity index (χ0v) is 15.4. The van der Waals surface area contributed by atoms with Gasteiger partial charge in [-0.05, 0) is 18.6 Å². The average molecular weight is 389 g/mol. The van der Waals surface area contributed by atoms with Crippen molar-refractivity contribution in [3.8, 4) is 0 Å². The van der Waals surface area contributed by atoms with Gasteiger partial charge in [0.25, 0.3) is 0 Å². The molecule has 1 aromatic rings. The molecular formula is C16H27N3O6S. The van der Waals surface area contributed by atoms with E-state index in [1.165, 1.54) is 12.5 Å². The van der Waals surface area contributed by atoms with Gasteiger partial charge < -0.3 is 35.1 Å². The largest absolute Gasteiger partial charge is 0.393 e. The molecule has 148 valence electrons. The number of rotatable bonds is 10. The van der Waals surface area contributed by atoms with E-state index >= 15 is 0 Å². The zero-order valence-electron chi connectivity index (χ0n) is 14.5. The predicted octanol–water partition coefficient (Wildman–Crippen LogP) is -1.01. The van der Waals surface area contributed by atoms with E-state index < -0.39 is 36.6 Å². The lowest BCUT2D eigenvalue weighted by Gasteiger charge is -2.44. The molecule has 0 aliphatic carbocycles. The quantitative estimate of drug-likeness (QED) is 0.223. The van der Waals surface area contributed by atoms with Gasteiger partial charge in [0.2, 0.25) is 5.91 Å². The van der Waals surface area contributed by atoms with E-state index in [1.807, 2.05) is 0 Å². The second kappa shape index (κ2) is 10.2. The first-order chi connectivity index (χ1) is 12.5. The number of hydrogen-bond acceptors (Lipinski definition) is 8. The summed E-state index contributed by atoms with van der Waals surface area (Å²) in [6, 6.07) is -1.01. The number of aliphatic hydroxyl groups is 3. The summed E-state index contributed by atoms with van der Waals surface area (Å²) in [5.41, 5.74) is -1.26. The summed E-state index contributed by atoms with van der Waals surface area (Å²) < 4.78 is 11.1. The first-order valence-corrected chi connectivity index (χ1v) is 9.25. The van der Waals surface area contributed by atoms with Crippen molar-refractivity contribution < 1.29 is 29.6 Å². The summed E-state index contributed by atoms with van der Waals surface area (Å²) in [7, 11) is 0. The first-order valence-electron chi connectivity index (χ1n) is 8.62. The molecule has 10 heteroatoms. The highest BCUT2D eigenvalue weighted by Crippen LogP contribution is 2.25. The maximum Gasteiger partial charge on any atom is 0.226 e. The molecule has 1 aromatic heterocycles. The molecule has 4 atom stereocenters. The van der Waals surface area contributed by atoms with Crippen LogP contribution in [-0.4, -0.2) is 80.8 Å². The molecule has 1 saturated heterocycles. The van der Waals surface area contributed by atoms with Crippen molar-refractivity contribution in [2.45, 2.75) is 49.7 Å². The Kier molecular flexibility index (Phi) is 8.32. The minimum atomic E-state index is -1.86. The first kappa shape index (κ1) is 21.1. The third-order valence-corrected chi connectivity index (χ3v) is 4.59. The maximum atomic E-state index is 12.3. The van der Waals surface area contributed by atoms with Crippen LogP contribution in [0.1, 0.15) is 25.0 Å². The molecule has 0 saturated carbocycles. The third kappa shape index (κ3) is 5.66. The Balaban J connectivity index is 1.97. The number of amides is 1. The number of nitrogens with zero attached hydrogens (tertiary/aromatic N) is 1.